The molecule has 0 saturated heterocycles. The minimum Gasteiger partial charge on any atom is -0.493 e. The van der Waals surface area contributed by atoms with Gasteiger partial charge in [-0.05, 0) is 30.5 Å². The molecule has 0 aliphatic heterocycles. The van der Waals surface area contributed by atoms with E-state index in [1.54, 1.807) is 0 Å². The van der Waals surface area contributed by atoms with Crippen LogP contribution in [0.5, 0.6) is 5.75 Å². The summed E-state index contributed by atoms with van der Waals surface area (Å²) in [4.78, 5) is 0. The second-order valence-electron chi connectivity index (χ2n) is 10.8. The van der Waals surface area contributed by atoms with Crippen LogP contribution in [-0.4, -0.2) is 50.0 Å². The van der Waals surface area contributed by atoms with Gasteiger partial charge in [-0.25, -0.2) is 0 Å². The van der Waals surface area contributed by atoms with Crippen molar-refractivity contribution in [1.82, 2.24) is 0 Å². The standard InChI is InChI=1S/C29H54NO2/c1-5-6-7-8-9-10-11-12-13-14-15-16-17-18-19-27-20-22-29(23-21-27)32-25-24-28(31)26-30(2,3)4/h20-23,28,31H,5-19,24-26H2,1-4H3/q+1. The fraction of sp³-hybridized carbons (Fsp3) is 0.793. The largest absolute Gasteiger partial charge is 0.493 e. The topological polar surface area (TPSA) is 29.5 Å². The first-order valence-electron chi connectivity index (χ1n) is 13.6. The zero-order valence-corrected chi connectivity index (χ0v) is 21.9. The molecule has 3 heteroatoms. The number of quaternary nitrogens is 1. The van der Waals surface area contributed by atoms with Crippen molar-refractivity contribution in [2.75, 3.05) is 34.3 Å². The van der Waals surface area contributed by atoms with E-state index in [0.717, 1.165) is 16.8 Å². The lowest BCUT2D eigenvalue weighted by atomic mass is 10.0. The molecular formula is C29H54NO2+. The molecule has 1 rings (SSSR count). The molecule has 0 saturated carbocycles. The molecule has 0 spiro atoms. The summed E-state index contributed by atoms with van der Waals surface area (Å²) in [5.41, 5.74) is 1.40. The Morgan fingerprint density at radius 2 is 1.19 bits per heavy atom. The van der Waals surface area contributed by atoms with Crippen LogP contribution < -0.4 is 4.74 Å². The van der Waals surface area contributed by atoms with Crippen LogP contribution in [0.15, 0.2) is 24.3 Å². The molecule has 1 aromatic rings. The molecule has 32 heavy (non-hydrogen) atoms. The second kappa shape index (κ2) is 18.4. The molecule has 0 radical (unpaired) electrons. The molecule has 186 valence electrons. The summed E-state index contributed by atoms with van der Waals surface area (Å²) in [5.74, 6) is 0.909. The van der Waals surface area contributed by atoms with Crippen molar-refractivity contribution in [2.24, 2.45) is 0 Å². The van der Waals surface area contributed by atoms with E-state index in [-0.39, 0.29) is 6.10 Å². The van der Waals surface area contributed by atoms with Crippen LogP contribution in [0.25, 0.3) is 0 Å². The van der Waals surface area contributed by atoms with E-state index in [0.29, 0.717) is 13.0 Å². The van der Waals surface area contributed by atoms with Gasteiger partial charge in [0.2, 0.25) is 0 Å². The van der Waals surface area contributed by atoms with Crippen molar-refractivity contribution in [3.8, 4) is 5.75 Å². The lowest BCUT2D eigenvalue weighted by molar-refractivity contribution is -0.873. The van der Waals surface area contributed by atoms with Crippen LogP contribution in [0.2, 0.25) is 0 Å². The molecule has 0 heterocycles. The minimum absolute atomic E-state index is 0.311. The van der Waals surface area contributed by atoms with E-state index in [4.69, 9.17) is 4.74 Å². The van der Waals surface area contributed by atoms with Gasteiger partial charge in [0, 0.05) is 6.42 Å². The zero-order chi connectivity index (χ0) is 23.5. The number of ether oxygens (including phenoxy) is 1. The van der Waals surface area contributed by atoms with Crippen LogP contribution in [0.4, 0.5) is 0 Å². The van der Waals surface area contributed by atoms with Gasteiger partial charge in [0.15, 0.2) is 0 Å². The molecule has 1 N–H and O–H groups in total. The van der Waals surface area contributed by atoms with Crippen LogP contribution in [0.1, 0.15) is 109 Å². The Hall–Kier alpha value is -1.06. The van der Waals surface area contributed by atoms with Crippen molar-refractivity contribution in [2.45, 2.75) is 116 Å². The third-order valence-electron chi connectivity index (χ3n) is 6.22. The summed E-state index contributed by atoms with van der Waals surface area (Å²) in [7, 11) is 6.29. The Morgan fingerprint density at radius 3 is 1.66 bits per heavy atom. The van der Waals surface area contributed by atoms with Gasteiger partial charge in [-0.2, -0.15) is 0 Å². The predicted molar refractivity (Wildman–Crippen MR) is 139 cm³/mol. The Balaban J connectivity index is 1.95. The first kappa shape index (κ1) is 29.0. The highest BCUT2D eigenvalue weighted by atomic mass is 16.5. The predicted octanol–water partition coefficient (Wildman–Crippen LogP) is 7.55. The van der Waals surface area contributed by atoms with Crippen LogP contribution >= 0.6 is 0 Å². The molecule has 3 nitrogen and oxygen atoms in total. The number of rotatable bonds is 21. The molecule has 0 aliphatic carbocycles. The lowest BCUT2D eigenvalue weighted by Gasteiger charge is -2.26. The van der Waals surface area contributed by atoms with E-state index in [1.165, 1.54) is 102 Å². The zero-order valence-electron chi connectivity index (χ0n) is 21.9. The molecule has 0 bridgehead atoms. The SMILES string of the molecule is CCCCCCCCCCCCCCCCc1ccc(OCCC(O)C[N+](C)(C)C)cc1. The average Bonchev–Trinajstić information content (AvgIpc) is 2.74. The monoisotopic (exact) mass is 448 g/mol. The number of benzene rings is 1. The molecule has 0 aromatic heterocycles. The van der Waals surface area contributed by atoms with Gasteiger partial charge in [-0.3, -0.25) is 0 Å². The summed E-state index contributed by atoms with van der Waals surface area (Å²) >= 11 is 0. The van der Waals surface area contributed by atoms with E-state index >= 15 is 0 Å². The number of aliphatic hydroxyl groups is 1. The molecule has 0 aliphatic rings. The quantitative estimate of drug-likeness (QED) is 0.155. The lowest BCUT2D eigenvalue weighted by Crippen LogP contribution is -2.41. The van der Waals surface area contributed by atoms with Crippen molar-refractivity contribution in [1.29, 1.82) is 0 Å². The number of unbranched alkanes of at least 4 members (excludes halogenated alkanes) is 13. The van der Waals surface area contributed by atoms with Crippen molar-refractivity contribution >= 4 is 0 Å². The number of aliphatic hydroxyl groups excluding tert-OH is 1. The first-order valence-corrected chi connectivity index (χ1v) is 13.6. The molecular weight excluding hydrogens is 394 g/mol. The smallest absolute Gasteiger partial charge is 0.119 e. The highest BCUT2D eigenvalue weighted by Crippen LogP contribution is 2.16. The van der Waals surface area contributed by atoms with Crippen molar-refractivity contribution < 1.29 is 14.3 Å². The maximum atomic E-state index is 10.1. The Bertz CT molecular complexity index is 535. The van der Waals surface area contributed by atoms with Gasteiger partial charge in [-0.1, -0.05) is 103 Å². The maximum Gasteiger partial charge on any atom is 0.119 e. The third kappa shape index (κ3) is 17.5. The van der Waals surface area contributed by atoms with E-state index < -0.39 is 0 Å². The van der Waals surface area contributed by atoms with Gasteiger partial charge in [0.05, 0.1) is 27.7 Å². The van der Waals surface area contributed by atoms with E-state index in [1.807, 2.05) is 0 Å². The number of aryl methyl sites for hydroxylation is 1. The number of hydrogen-bond acceptors (Lipinski definition) is 2. The summed E-state index contributed by atoms with van der Waals surface area (Å²) in [5, 5.41) is 10.1. The van der Waals surface area contributed by atoms with Crippen molar-refractivity contribution in [3.05, 3.63) is 29.8 Å². The number of likely N-dealkylation sites (N-methyl/N-ethyl adjacent to an activating group) is 1. The highest BCUT2D eigenvalue weighted by Gasteiger charge is 2.15. The fourth-order valence-electron chi connectivity index (χ4n) is 4.31. The van der Waals surface area contributed by atoms with Gasteiger partial charge < -0.3 is 14.3 Å². The minimum atomic E-state index is -0.311. The Labute approximate surface area is 200 Å². The third-order valence-corrected chi connectivity index (χ3v) is 6.22. The first-order chi connectivity index (χ1) is 15.4. The second-order valence-corrected chi connectivity index (χ2v) is 10.8. The van der Waals surface area contributed by atoms with Crippen LogP contribution in [0.3, 0.4) is 0 Å². The summed E-state index contributed by atoms with van der Waals surface area (Å²) in [6, 6.07) is 8.54. The summed E-state index contributed by atoms with van der Waals surface area (Å²) in [6.07, 6.45) is 21.3. The average molecular weight is 449 g/mol. The van der Waals surface area contributed by atoms with Crippen molar-refractivity contribution in [3.63, 3.8) is 0 Å². The van der Waals surface area contributed by atoms with Gasteiger partial charge >= 0.3 is 0 Å². The number of nitrogens with zero attached hydrogens (tertiary/aromatic N) is 1. The summed E-state index contributed by atoms with van der Waals surface area (Å²) < 4.78 is 6.58. The normalized spacial score (nSPS) is 12.8. The summed E-state index contributed by atoms with van der Waals surface area (Å²) in [6.45, 7) is 3.61. The Morgan fingerprint density at radius 1 is 0.719 bits per heavy atom. The fourth-order valence-corrected chi connectivity index (χ4v) is 4.31. The van der Waals surface area contributed by atoms with E-state index in [2.05, 4.69) is 52.3 Å². The Kier molecular flexibility index (Phi) is 16.6. The molecule has 1 unspecified atom stereocenters. The molecule has 1 aromatic carbocycles. The highest BCUT2D eigenvalue weighted by molar-refractivity contribution is 5.27. The maximum absolute atomic E-state index is 10.1. The molecule has 1 atom stereocenters. The van der Waals surface area contributed by atoms with E-state index in [9.17, 15) is 5.11 Å². The van der Waals surface area contributed by atoms with Gasteiger partial charge in [0.25, 0.3) is 0 Å². The van der Waals surface area contributed by atoms with Crippen LogP contribution in [0, 0.1) is 0 Å². The van der Waals surface area contributed by atoms with Gasteiger partial charge in [0.1, 0.15) is 18.4 Å². The van der Waals surface area contributed by atoms with Crippen LogP contribution in [-0.2, 0) is 6.42 Å². The number of hydrogen-bond donors (Lipinski definition) is 1. The molecule has 0 fully saturated rings. The van der Waals surface area contributed by atoms with Gasteiger partial charge in [-0.15, -0.1) is 0 Å². The molecule has 0 amide bonds.